The molecule has 1 aromatic heterocycles. The minimum absolute atomic E-state index is 0.204. The molecule has 7 heteroatoms. The van der Waals surface area contributed by atoms with E-state index in [0.717, 1.165) is 17.0 Å². The third kappa shape index (κ3) is 3.98. The fraction of sp³-hybridized carbons (Fsp3) is 0.429. The van der Waals surface area contributed by atoms with Crippen LogP contribution in [0, 0.1) is 13.8 Å². The first-order chi connectivity index (χ1) is 13.3. The Kier molecular flexibility index (Phi) is 5.63. The monoisotopic (exact) mass is 386 g/mol. The maximum absolute atomic E-state index is 12.5. The maximum atomic E-state index is 12.5. The van der Waals surface area contributed by atoms with Crippen molar-refractivity contribution in [3.8, 4) is 11.5 Å². The fourth-order valence-electron chi connectivity index (χ4n) is 3.44. The van der Waals surface area contributed by atoms with E-state index in [4.69, 9.17) is 14.2 Å². The molecule has 2 aromatic rings. The van der Waals surface area contributed by atoms with Crippen LogP contribution in [0.5, 0.6) is 11.5 Å². The van der Waals surface area contributed by atoms with Gasteiger partial charge in [0.2, 0.25) is 6.79 Å². The van der Waals surface area contributed by atoms with Crippen LogP contribution in [0.2, 0.25) is 0 Å². The van der Waals surface area contributed by atoms with Crippen molar-refractivity contribution < 1.29 is 23.8 Å². The summed E-state index contributed by atoms with van der Waals surface area (Å²) in [6, 6.07) is 7.52. The summed E-state index contributed by atoms with van der Waals surface area (Å²) in [5, 5.41) is 2.78. The standard InChI is InChI=1S/C21H26N2O5/c1-12(2)23-13(3)8-17(14(23)4)21(25)28-15(5)20(24)22-10-16-6-7-18-19(9-16)27-11-26-18/h6-9,12,15H,10-11H2,1-5H3,(H,22,24)/t15-/m1/s1. The number of aromatic nitrogens is 1. The number of rotatable bonds is 6. The number of hydrogen-bond donors (Lipinski definition) is 1. The quantitative estimate of drug-likeness (QED) is 0.771. The molecule has 0 saturated carbocycles. The van der Waals surface area contributed by atoms with Crippen LogP contribution >= 0.6 is 0 Å². The lowest BCUT2D eigenvalue weighted by Crippen LogP contribution is -2.35. The predicted octanol–water partition coefficient (Wildman–Crippen LogP) is 3.28. The summed E-state index contributed by atoms with van der Waals surface area (Å²) in [7, 11) is 0. The molecule has 0 aliphatic carbocycles. The Balaban J connectivity index is 1.58. The number of carbonyl (C=O) groups is 2. The van der Waals surface area contributed by atoms with Gasteiger partial charge in [-0.1, -0.05) is 6.07 Å². The van der Waals surface area contributed by atoms with E-state index >= 15 is 0 Å². The Labute approximate surface area is 164 Å². The van der Waals surface area contributed by atoms with Crippen LogP contribution in [-0.2, 0) is 16.1 Å². The summed E-state index contributed by atoms with van der Waals surface area (Å²) in [6.45, 7) is 10.0. The smallest absolute Gasteiger partial charge is 0.340 e. The van der Waals surface area contributed by atoms with Crippen molar-refractivity contribution in [2.75, 3.05) is 6.79 Å². The highest BCUT2D eigenvalue weighted by atomic mass is 16.7. The van der Waals surface area contributed by atoms with E-state index in [0.29, 0.717) is 23.6 Å². The molecule has 150 valence electrons. The van der Waals surface area contributed by atoms with Crippen molar-refractivity contribution in [3.05, 3.63) is 46.8 Å². The Hall–Kier alpha value is -2.96. The van der Waals surface area contributed by atoms with Crippen LogP contribution in [0.4, 0.5) is 0 Å². The van der Waals surface area contributed by atoms with Crippen molar-refractivity contribution in [1.29, 1.82) is 0 Å². The number of ether oxygens (including phenoxy) is 3. The van der Waals surface area contributed by atoms with E-state index in [9.17, 15) is 9.59 Å². The summed E-state index contributed by atoms with van der Waals surface area (Å²) in [6.07, 6.45) is -0.899. The number of nitrogens with zero attached hydrogens (tertiary/aromatic N) is 1. The van der Waals surface area contributed by atoms with Gasteiger partial charge in [0, 0.05) is 24.0 Å². The first-order valence-electron chi connectivity index (χ1n) is 9.33. The molecule has 28 heavy (non-hydrogen) atoms. The van der Waals surface area contributed by atoms with Gasteiger partial charge in [0.25, 0.3) is 5.91 Å². The summed E-state index contributed by atoms with van der Waals surface area (Å²) in [5.74, 6) is 0.498. The van der Waals surface area contributed by atoms with Gasteiger partial charge >= 0.3 is 5.97 Å². The maximum Gasteiger partial charge on any atom is 0.340 e. The molecule has 1 amide bonds. The lowest BCUT2D eigenvalue weighted by atomic mass is 10.2. The van der Waals surface area contributed by atoms with Crippen LogP contribution < -0.4 is 14.8 Å². The molecule has 0 bridgehead atoms. The Morgan fingerprint density at radius 1 is 1.14 bits per heavy atom. The van der Waals surface area contributed by atoms with Gasteiger partial charge in [-0.25, -0.2) is 4.79 Å². The second-order valence-corrected chi connectivity index (χ2v) is 7.20. The molecule has 3 rings (SSSR count). The van der Waals surface area contributed by atoms with Crippen LogP contribution in [0.25, 0.3) is 0 Å². The van der Waals surface area contributed by atoms with Crippen LogP contribution in [-0.4, -0.2) is 29.3 Å². The number of esters is 1. The Morgan fingerprint density at radius 3 is 2.54 bits per heavy atom. The molecule has 1 aromatic carbocycles. The van der Waals surface area contributed by atoms with Crippen molar-refractivity contribution >= 4 is 11.9 Å². The largest absolute Gasteiger partial charge is 0.454 e. The van der Waals surface area contributed by atoms with E-state index in [1.165, 1.54) is 0 Å². The number of fused-ring (bicyclic) bond motifs is 1. The fourth-order valence-corrected chi connectivity index (χ4v) is 3.44. The third-order valence-electron chi connectivity index (χ3n) is 4.78. The summed E-state index contributed by atoms with van der Waals surface area (Å²) in [4.78, 5) is 24.9. The number of nitrogens with one attached hydrogen (secondary N) is 1. The van der Waals surface area contributed by atoms with Gasteiger partial charge in [-0.05, 0) is 58.4 Å². The molecule has 1 aliphatic heterocycles. The van der Waals surface area contributed by atoms with Gasteiger partial charge in [0.05, 0.1) is 5.56 Å². The average molecular weight is 386 g/mol. The minimum atomic E-state index is -0.899. The van der Waals surface area contributed by atoms with Crippen LogP contribution in [0.1, 0.15) is 54.1 Å². The van der Waals surface area contributed by atoms with Crippen molar-refractivity contribution in [2.24, 2.45) is 0 Å². The zero-order chi connectivity index (χ0) is 20.4. The molecule has 0 unspecified atom stereocenters. The zero-order valence-corrected chi connectivity index (χ0v) is 16.9. The Morgan fingerprint density at radius 2 is 1.86 bits per heavy atom. The molecule has 0 radical (unpaired) electrons. The van der Waals surface area contributed by atoms with Crippen molar-refractivity contribution in [2.45, 2.75) is 53.3 Å². The average Bonchev–Trinajstić information content (AvgIpc) is 3.22. The zero-order valence-electron chi connectivity index (χ0n) is 16.9. The molecule has 2 heterocycles. The van der Waals surface area contributed by atoms with Crippen molar-refractivity contribution in [3.63, 3.8) is 0 Å². The van der Waals surface area contributed by atoms with Gasteiger partial charge in [0.1, 0.15) is 0 Å². The number of aryl methyl sites for hydroxylation is 1. The number of hydrogen-bond acceptors (Lipinski definition) is 5. The molecule has 0 fully saturated rings. The number of benzene rings is 1. The minimum Gasteiger partial charge on any atom is -0.454 e. The summed E-state index contributed by atoms with van der Waals surface area (Å²) in [5.41, 5.74) is 3.18. The first kappa shape index (κ1) is 19.8. The van der Waals surface area contributed by atoms with Gasteiger partial charge < -0.3 is 24.1 Å². The number of amides is 1. The highest BCUT2D eigenvalue weighted by Crippen LogP contribution is 2.32. The lowest BCUT2D eigenvalue weighted by molar-refractivity contribution is -0.129. The van der Waals surface area contributed by atoms with E-state index in [1.807, 2.05) is 26.0 Å². The molecule has 7 nitrogen and oxygen atoms in total. The number of carbonyl (C=O) groups excluding carboxylic acids is 2. The summed E-state index contributed by atoms with van der Waals surface area (Å²) >= 11 is 0. The SMILES string of the molecule is Cc1cc(C(=O)O[C@H](C)C(=O)NCc2ccc3c(c2)OCO3)c(C)n1C(C)C. The normalized spacial score (nSPS) is 13.5. The van der Waals surface area contributed by atoms with E-state index in [-0.39, 0.29) is 18.7 Å². The first-order valence-corrected chi connectivity index (χ1v) is 9.33. The van der Waals surface area contributed by atoms with Crippen LogP contribution in [0.15, 0.2) is 24.3 Å². The molecular formula is C21H26N2O5. The Bertz CT molecular complexity index is 900. The van der Waals surface area contributed by atoms with Crippen molar-refractivity contribution in [1.82, 2.24) is 9.88 Å². The van der Waals surface area contributed by atoms with Gasteiger partial charge in [-0.3, -0.25) is 4.79 Å². The second kappa shape index (κ2) is 7.96. The van der Waals surface area contributed by atoms with Gasteiger partial charge in [0.15, 0.2) is 17.6 Å². The molecule has 0 spiro atoms. The molecule has 1 aliphatic rings. The molecule has 1 atom stereocenters. The topological polar surface area (TPSA) is 78.8 Å². The van der Waals surface area contributed by atoms with Gasteiger partial charge in [-0.2, -0.15) is 0 Å². The van der Waals surface area contributed by atoms with Gasteiger partial charge in [-0.15, -0.1) is 0 Å². The predicted molar refractivity (Wildman–Crippen MR) is 104 cm³/mol. The highest BCUT2D eigenvalue weighted by molar-refractivity contribution is 5.93. The lowest BCUT2D eigenvalue weighted by Gasteiger charge is -2.15. The van der Waals surface area contributed by atoms with E-state index < -0.39 is 12.1 Å². The highest BCUT2D eigenvalue weighted by Gasteiger charge is 2.23. The van der Waals surface area contributed by atoms with Crippen LogP contribution in [0.3, 0.4) is 0 Å². The third-order valence-corrected chi connectivity index (χ3v) is 4.78. The molecular weight excluding hydrogens is 360 g/mol. The van der Waals surface area contributed by atoms with E-state index in [2.05, 4.69) is 23.7 Å². The van der Waals surface area contributed by atoms with E-state index in [1.54, 1.807) is 19.1 Å². The molecule has 0 saturated heterocycles. The second-order valence-electron chi connectivity index (χ2n) is 7.20. The summed E-state index contributed by atoms with van der Waals surface area (Å²) < 4.78 is 18.0. The molecule has 1 N–H and O–H groups in total.